The number of carboxylic acid groups (broad SMARTS) is 1. The highest BCUT2D eigenvalue weighted by atomic mass is 16.4. The van der Waals surface area contributed by atoms with E-state index < -0.39 is 5.97 Å². The van der Waals surface area contributed by atoms with Gasteiger partial charge in [-0.2, -0.15) is 0 Å². The van der Waals surface area contributed by atoms with Crippen LogP contribution in [0.1, 0.15) is 12.5 Å². The van der Waals surface area contributed by atoms with E-state index in [1.54, 1.807) is 0 Å². The summed E-state index contributed by atoms with van der Waals surface area (Å²) in [6.45, 7) is 5.82. The smallest absolute Gasteiger partial charge is 0.332 e. The van der Waals surface area contributed by atoms with Gasteiger partial charge < -0.3 is 10.4 Å². The van der Waals surface area contributed by atoms with E-state index in [1.807, 2.05) is 25.1 Å². The summed E-state index contributed by atoms with van der Waals surface area (Å²) in [6, 6.07) is 10.3. The molecule has 0 aliphatic heterocycles. The summed E-state index contributed by atoms with van der Waals surface area (Å²) in [7, 11) is 0. The van der Waals surface area contributed by atoms with Gasteiger partial charge in [0.25, 0.3) is 0 Å². The molecule has 0 aliphatic rings. The second kappa shape index (κ2) is 6.08. The van der Waals surface area contributed by atoms with Crippen LogP contribution in [0.2, 0.25) is 0 Å². The molecule has 0 saturated carbocycles. The maximum atomic E-state index is 10.5. The number of hydrogen-bond donors (Lipinski definition) is 2. The molecule has 1 rings (SSSR count). The average molecular weight is 219 g/mol. The van der Waals surface area contributed by atoms with E-state index in [0.717, 1.165) is 6.42 Å². The number of benzene rings is 1. The van der Waals surface area contributed by atoms with Gasteiger partial charge in [-0.05, 0) is 18.9 Å². The monoisotopic (exact) mass is 219 g/mol. The van der Waals surface area contributed by atoms with Crippen molar-refractivity contribution in [1.29, 1.82) is 0 Å². The van der Waals surface area contributed by atoms with Gasteiger partial charge in [0.1, 0.15) is 0 Å². The second-order valence-electron chi connectivity index (χ2n) is 3.88. The van der Waals surface area contributed by atoms with E-state index in [9.17, 15) is 4.79 Å². The molecule has 1 atom stereocenters. The number of carboxylic acids is 1. The minimum Gasteiger partial charge on any atom is -0.478 e. The standard InChI is InChI=1S/C13H17NO2/c1-10(13(15)16)9-14-11(2)8-12-6-4-3-5-7-12/h3-7,11,14H,1,8-9H2,2H3,(H,15,16). The van der Waals surface area contributed by atoms with E-state index in [1.165, 1.54) is 5.56 Å². The highest BCUT2D eigenvalue weighted by Gasteiger charge is 2.06. The molecule has 0 heterocycles. The van der Waals surface area contributed by atoms with Crippen LogP contribution in [0.3, 0.4) is 0 Å². The molecule has 1 aromatic rings. The molecule has 16 heavy (non-hydrogen) atoms. The van der Waals surface area contributed by atoms with E-state index in [4.69, 9.17) is 5.11 Å². The van der Waals surface area contributed by atoms with Crippen molar-refractivity contribution in [1.82, 2.24) is 5.32 Å². The van der Waals surface area contributed by atoms with Crippen molar-refractivity contribution in [2.45, 2.75) is 19.4 Å². The van der Waals surface area contributed by atoms with Crippen molar-refractivity contribution >= 4 is 5.97 Å². The molecule has 0 saturated heterocycles. The molecule has 0 aromatic heterocycles. The second-order valence-corrected chi connectivity index (χ2v) is 3.88. The Morgan fingerprint density at radius 3 is 2.62 bits per heavy atom. The zero-order valence-corrected chi connectivity index (χ0v) is 9.44. The Balaban J connectivity index is 2.34. The first-order valence-corrected chi connectivity index (χ1v) is 5.28. The highest BCUT2D eigenvalue weighted by Crippen LogP contribution is 2.02. The van der Waals surface area contributed by atoms with Crippen LogP contribution in [-0.2, 0) is 11.2 Å². The SMILES string of the molecule is C=C(CNC(C)Cc1ccccc1)C(=O)O. The summed E-state index contributed by atoms with van der Waals surface area (Å²) in [5.41, 5.74) is 1.43. The van der Waals surface area contributed by atoms with E-state index in [-0.39, 0.29) is 11.6 Å². The van der Waals surface area contributed by atoms with Gasteiger partial charge in [0.15, 0.2) is 0 Å². The van der Waals surface area contributed by atoms with Gasteiger partial charge in [-0.1, -0.05) is 36.9 Å². The Kier molecular flexibility index (Phi) is 4.73. The lowest BCUT2D eigenvalue weighted by Crippen LogP contribution is -2.31. The molecule has 0 aliphatic carbocycles. The summed E-state index contributed by atoms with van der Waals surface area (Å²) >= 11 is 0. The molecule has 0 spiro atoms. The molecule has 0 fully saturated rings. The largest absolute Gasteiger partial charge is 0.478 e. The van der Waals surface area contributed by atoms with E-state index >= 15 is 0 Å². The predicted molar refractivity (Wildman–Crippen MR) is 64.4 cm³/mol. The normalized spacial score (nSPS) is 12.1. The van der Waals surface area contributed by atoms with Crippen LogP contribution >= 0.6 is 0 Å². The van der Waals surface area contributed by atoms with Crippen molar-refractivity contribution in [3.05, 3.63) is 48.0 Å². The van der Waals surface area contributed by atoms with Crippen LogP contribution in [0.5, 0.6) is 0 Å². The summed E-state index contributed by atoms with van der Waals surface area (Å²) < 4.78 is 0. The molecule has 0 amide bonds. The minimum absolute atomic E-state index is 0.194. The lowest BCUT2D eigenvalue weighted by atomic mass is 10.1. The fourth-order valence-electron chi connectivity index (χ4n) is 1.41. The van der Waals surface area contributed by atoms with Gasteiger partial charge in [0.2, 0.25) is 0 Å². The Bertz CT molecular complexity index is 359. The third-order valence-electron chi connectivity index (χ3n) is 2.35. The predicted octanol–water partition coefficient (Wildman–Crippen LogP) is 1.85. The number of carbonyl (C=O) groups is 1. The molecule has 86 valence electrons. The maximum Gasteiger partial charge on any atom is 0.332 e. The lowest BCUT2D eigenvalue weighted by Gasteiger charge is -2.13. The Morgan fingerprint density at radius 1 is 1.44 bits per heavy atom. The fourth-order valence-corrected chi connectivity index (χ4v) is 1.41. The molecule has 1 unspecified atom stereocenters. The van der Waals surface area contributed by atoms with Crippen LogP contribution in [-0.4, -0.2) is 23.7 Å². The number of rotatable bonds is 6. The van der Waals surface area contributed by atoms with Crippen molar-refractivity contribution in [3.63, 3.8) is 0 Å². The molecule has 0 radical (unpaired) electrons. The number of nitrogens with one attached hydrogen (secondary N) is 1. The maximum absolute atomic E-state index is 10.5. The number of hydrogen-bond acceptors (Lipinski definition) is 2. The first-order chi connectivity index (χ1) is 7.59. The summed E-state index contributed by atoms with van der Waals surface area (Å²) in [5.74, 6) is -0.945. The van der Waals surface area contributed by atoms with Gasteiger partial charge in [-0.3, -0.25) is 0 Å². The molecule has 3 nitrogen and oxygen atoms in total. The zero-order valence-electron chi connectivity index (χ0n) is 9.44. The van der Waals surface area contributed by atoms with E-state index in [0.29, 0.717) is 6.54 Å². The molecule has 0 bridgehead atoms. The minimum atomic E-state index is -0.945. The van der Waals surface area contributed by atoms with Crippen molar-refractivity contribution < 1.29 is 9.90 Å². The van der Waals surface area contributed by atoms with Crippen molar-refractivity contribution in [2.75, 3.05) is 6.54 Å². The van der Waals surface area contributed by atoms with Crippen molar-refractivity contribution in [2.24, 2.45) is 0 Å². The first kappa shape index (κ1) is 12.5. The third kappa shape index (κ3) is 4.28. The Morgan fingerprint density at radius 2 is 2.06 bits per heavy atom. The molecular formula is C13H17NO2. The molecular weight excluding hydrogens is 202 g/mol. The number of aliphatic carboxylic acids is 1. The Hall–Kier alpha value is -1.61. The van der Waals surface area contributed by atoms with E-state index in [2.05, 4.69) is 24.0 Å². The average Bonchev–Trinajstić information content (AvgIpc) is 2.27. The highest BCUT2D eigenvalue weighted by molar-refractivity contribution is 5.86. The van der Waals surface area contributed by atoms with Gasteiger partial charge in [0.05, 0.1) is 0 Å². The van der Waals surface area contributed by atoms with Crippen LogP contribution in [0.4, 0.5) is 0 Å². The lowest BCUT2D eigenvalue weighted by molar-refractivity contribution is -0.132. The van der Waals surface area contributed by atoms with Crippen LogP contribution in [0, 0.1) is 0 Å². The van der Waals surface area contributed by atoms with Crippen molar-refractivity contribution in [3.8, 4) is 0 Å². The topological polar surface area (TPSA) is 49.3 Å². The molecule has 3 heteroatoms. The third-order valence-corrected chi connectivity index (χ3v) is 2.35. The summed E-state index contributed by atoms with van der Waals surface area (Å²) in [4.78, 5) is 10.5. The summed E-state index contributed by atoms with van der Waals surface area (Å²) in [5, 5.41) is 11.8. The van der Waals surface area contributed by atoms with Crippen LogP contribution < -0.4 is 5.32 Å². The van der Waals surface area contributed by atoms with Gasteiger partial charge in [0, 0.05) is 18.2 Å². The van der Waals surface area contributed by atoms with Gasteiger partial charge in [-0.15, -0.1) is 0 Å². The molecule has 1 aromatic carbocycles. The summed E-state index contributed by atoms with van der Waals surface area (Å²) in [6.07, 6.45) is 0.883. The van der Waals surface area contributed by atoms with Crippen LogP contribution in [0.25, 0.3) is 0 Å². The van der Waals surface area contributed by atoms with Crippen LogP contribution in [0.15, 0.2) is 42.5 Å². The van der Waals surface area contributed by atoms with Gasteiger partial charge in [-0.25, -0.2) is 4.79 Å². The fraction of sp³-hybridized carbons (Fsp3) is 0.308. The quantitative estimate of drug-likeness (QED) is 0.718. The first-order valence-electron chi connectivity index (χ1n) is 5.28. The molecule has 2 N–H and O–H groups in total. The Labute approximate surface area is 95.8 Å². The van der Waals surface area contributed by atoms with Gasteiger partial charge >= 0.3 is 5.97 Å². The zero-order chi connectivity index (χ0) is 12.0.